The van der Waals surface area contributed by atoms with Crippen molar-refractivity contribution in [2.75, 3.05) is 6.61 Å². The van der Waals surface area contributed by atoms with Gasteiger partial charge in [0.05, 0.1) is 5.60 Å². The van der Waals surface area contributed by atoms with E-state index in [1.165, 1.54) is 25.3 Å². The molecule has 2 fully saturated rings. The van der Waals surface area contributed by atoms with Gasteiger partial charge in [-0.2, -0.15) is 0 Å². The van der Waals surface area contributed by atoms with E-state index in [4.69, 9.17) is 4.74 Å². The lowest BCUT2D eigenvalue weighted by molar-refractivity contribution is -0.111. The van der Waals surface area contributed by atoms with Gasteiger partial charge in [-0.15, -0.1) is 0 Å². The normalized spacial score (nSPS) is 25.0. The molecule has 1 aromatic carbocycles. The zero-order chi connectivity index (χ0) is 14.9. The minimum Gasteiger partial charge on any atom is -0.375 e. The number of carbonyl (C=O) groups is 1. The first-order valence-electron chi connectivity index (χ1n) is 8.04. The molecule has 3 rings (SSSR count). The molecule has 1 heterocycles. The SMILES string of the molecule is Cc1cc(C(=O)C2CCOC3(CCCCC3)C2)ccc1F. The van der Waals surface area contributed by atoms with E-state index in [1.807, 2.05) is 0 Å². The summed E-state index contributed by atoms with van der Waals surface area (Å²) in [6, 6.07) is 4.70. The summed E-state index contributed by atoms with van der Waals surface area (Å²) in [5.74, 6) is -0.0599. The van der Waals surface area contributed by atoms with Crippen LogP contribution in [0.15, 0.2) is 18.2 Å². The first kappa shape index (κ1) is 14.7. The van der Waals surface area contributed by atoms with Crippen molar-refractivity contribution in [3.05, 3.63) is 35.1 Å². The van der Waals surface area contributed by atoms with E-state index in [9.17, 15) is 9.18 Å². The molecule has 0 amide bonds. The number of Topliss-reactive ketones (excluding diaryl/α,β-unsaturated/α-hetero) is 1. The van der Waals surface area contributed by atoms with Gasteiger partial charge in [0.1, 0.15) is 5.82 Å². The number of benzene rings is 1. The van der Waals surface area contributed by atoms with Crippen LogP contribution >= 0.6 is 0 Å². The highest BCUT2D eigenvalue weighted by molar-refractivity contribution is 5.98. The molecule has 3 heteroatoms. The van der Waals surface area contributed by atoms with Crippen LogP contribution in [0.4, 0.5) is 4.39 Å². The minimum absolute atomic E-state index is 0.0294. The monoisotopic (exact) mass is 290 g/mol. The standard InChI is InChI=1S/C18H23FO2/c1-13-11-14(5-6-16(13)19)17(20)15-7-10-21-18(12-15)8-3-2-4-9-18/h5-6,11,15H,2-4,7-10,12H2,1H3. The predicted molar refractivity (Wildman–Crippen MR) is 80.0 cm³/mol. The molecule has 0 radical (unpaired) electrons. The maximum absolute atomic E-state index is 13.4. The summed E-state index contributed by atoms with van der Waals surface area (Å²) in [6.07, 6.45) is 7.48. The maximum Gasteiger partial charge on any atom is 0.166 e. The Hall–Kier alpha value is -1.22. The van der Waals surface area contributed by atoms with Crippen LogP contribution < -0.4 is 0 Å². The van der Waals surface area contributed by atoms with Gasteiger partial charge >= 0.3 is 0 Å². The second kappa shape index (κ2) is 5.88. The van der Waals surface area contributed by atoms with Crippen molar-refractivity contribution in [2.45, 2.75) is 57.5 Å². The van der Waals surface area contributed by atoms with Gasteiger partial charge in [0, 0.05) is 18.1 Å². The molecular weight excluding hydrogens is 267 g/mol. The van der Waals surface area contributed by atoms with Crippen LogP contribution in [0.3, 0.4) is 0 Å². The zero-order valence-electron chi connectivity index (χ0n) is 12.7. The molecule has 1 aliphatic carbocycles. The average molecular weight is 290 g/mol. The van der Waals surface area contributed by atoms with Crippen LogP contribution in [0.2, 0.25) is 0 Å². The van der Waals surface area contributed by atoms with E-state index in [1.54, 1.807) is 19.1 Å². The van der Waals surface area contributed by atoms with Gasteiger partial charge in [-0.3, -0.25) is 4.79 Å². The van der Waals surface area contributed by atoms with E-state index < -0.39 is 0 Å². The molecule has 1 atom stereocenters. The van der Waals surface area contributed by atoms with Crippen molar-refractivity contribution in [3.63, 3.8) is 0 Å². The summed E-state index contributed by atoms with van der Waals surface area (Å²) >= 11 is 0. The summed E-state index contributed by atoms with van der Waals surface area (Å²) in [7, 11) is 0. The highest BCUT2D eigenvalue weighted by Gasteiger charge is 2.40. The molecule has 1 saturated heterocycles. The Morgan fingerprint density at radius 2 is 2.05 bits per heavy atom. The summed E-state index contributed by atoms with van der Waals surface area (Å²) < 4.78 is 19.4. The number of ketones is 1. The van der Waals surface area contributed by atoms with Crippen LogP contribution in [0.25, 0.3) is 0 Å². The first-order chi connectivity index (χ1) is 10.1. The highest BCUT2D eigenvalue weighted by atomic mass is 19.1. The van der Waals surface area contributed by atoms with Crippen molar-refractivity contribution < 1.29 is 13.9 Å². The van der Waals surface area contributed by atoms with Crippen LogP contribution in [0.5, 0.6) is 0 Å². The Balaban J connectivity index is 1.76. The molecule has 1 unspecified atom stereocenters. The molecule has 1 spiro atoms. The van der Waals surface area contributed by atoms with Crippen LogP contribution in [0.1, 0.15) is 60.9 Å². The molecule has 2 nitrogen and oxygen atoms in total. The van der Waals surface area contributed by atoms with Gasteiger partial charge in [0.25, 0.3) is 0 Å². The number of carbonyl (C=O) groups excluding carboxylic acids is 1. The van der Waals surface area contributed by atoms with E-state index in [2.05, 4.69) is 0 Å². The van der Waals surface area contributed by atoms with Crippen molar-refractivity contribution in [1.82, 2.24) is 0 Å². The largest absolute Gasteiger partial charge is 0.375 e. The summed E-state index contributed by atoms with van der Waals surface area (Å²) in [6.45, 7) is 2.38. The van der Waals surface area contributed by atoms with Crippen molar-refractivity contribution in [1.29, 1.82) is 0 Å². The number of aryl methyl sites for hydroxylation is 1. The highest BCUT2D eigenvalue weighted by Crippen LogP contribution is 2.41. The lowest BCUT2D eigenvalue weighted by Gasteiger charge is -2.43. The van der Waals surface area contributed by atoms with Crippen molar-refractivity contribution in [2.24, 2.45) is 5.92 Å². The van der Waals surface area contributed by atoms with Crippen molar-refractivity contribution in [3.8, 4) is 0 Å². The van der Waals surface area contributed by atoms with Gasteiger partial charge in [0.2, 0.25) is 0 Å². The van der Waals surface area contributed by atoms with E-state index in [-0.39, 0.29) is 23.1 Å². The van der Waals surface area contributed by atoms with Gasteiger partial charge in [-0.25, -0.2) is 4.39 Å². The van der Waals surface area contributed by atoms with E-state index in [0.29, 0.717) is 17.7 Å². The Labute approximate surface area is 125 Å². The molecule has 0 bridgehead atoms. The van der Waals surface area contributed by atoms with Crippen LogP contribution in [0, 0.1) is 18.7 Å². The fourth-order valence-corrected chi connectivity index (χ4v) is 3.83. The molecular formula is C18H23FO2. The number of rotatable bonds is 2. The molecule has 0 N–H and O–H groups in total. The van der Waals surface area contributed by atoms with E-state index >= 15 is 0 Å². The second-order valence-corrected chi connectivity index (χ2v) is 6.61. The average Bonchev–Trinajstić information content (AvgIpc) is 2.50. The van der Waals surface area contributed by atoms with Gasteiger partial charge in [-0.05, 0) is 56.4 Å². The number of hydrogen-bond acceptors (Lipinski definition) is 2. The van der Waals surface area contributed by atoms with Crippen LogP contribution in [-0.2, 0) is 4.74 Å². The Morgan fingerprint density at radius 1 is 1.29 bits per heavy atom. The van der Waals surface area contributed by atoms with Gasteiger partial charge < -0.3 is 4.74 Å². The minimum atomic E-state index is -0.248. The quantitative estimate of drug-likeness (QED) is 0.752. The summed E-state index contributed by atoms with van der Waals surface area (Å²) in [5, 5.41) is 0. The summed E-state index contributed by atoms with van der Waals surface area (Å²) in [4.78, 5) is 12.7. The molecule has 2 aliphatic rings. The predicted octanol–water partition coefficient (Wildman–Crippen LogP) is 4.45. The maximum atomic E-state index is 13.4. The Kier molecular flexibility index (Phi) is 4.12. The Morgan fingerprint density at radius 3 is 2.76 bits per heavy atom. The van der Waals surface area contributed by atoms with Crippen LogP contribution in [-0.4, -0.2) is 18.0 Å². The van der Waals surface area contributed by atoms with Gasteiger partial charge in [-0.1, -0.05) is 19.3 Å². The molecule has 1 saturated carbocycles. The first-order valence-corrected chi connectivity index (χ1v) is 8.04. The summed E-state index contributed by atoms with van der Waals surface area (Å²) in [5.41, 5.74) is 1.12. The third-order valence-corrected chi connectivity index (χ3v) is 5.07. The van der Waals surface area contributed by atoms with Gasteiger partial charge in [0.15, 0.2) is 5.78 Å². The molecule has 0 aromatic heterocycles. The zero-order valence-corrected chi connectivity index (χ0v) is 12.7. The molecule has 1 aromatic rings. The third kappa shape index (κ3) is 3.03. The van der Waals surface area contributed by atoms with Crippen molar-refractivity contribution >= 4 is 5.78 Å². The number of halogens is 1. The van der Waals surface area contributed by atoms with E-state index in [0.717, 1.165) is 25.7 Å². The lowest BCUT2D eigenvalue weighted by atomic mass is 9.74. The third-order valence-electron chi connectivity index (χ3n) is 5.07. The smallest absolute Gasteiger partial charge is 0.166 e. The number of hydrogen-bond donors (Lipinski definition) is 0. The fraction of sp³-hybridized carbons (Fsp3) is 0.611. The number of ether oxygens (including phenoxy) is 1. The molecule has 1 aliphatic heterocycles. The lowest BCUT2D eigenvalue weighted by Crippen LogP contribution is -2.43. The Bertz CT molecular complexity index is 527. The molecule has 21 heavy (non-hydrogen) atoms. The molecule has 114 valence electrons. The second-order valence-electron chi connectivity index (χ2n) is 6.61. The fourth-order valence-electron chi connectivity index (χ4n) is 3.83. The topological polar surface area (TPSA) is 26.3 Å².